The van der Waals surface area contributed by atoms with Gasteiger partial charge in [0.25, 0.3) is 0 Å². The molecule has 0 fully saturated rings. The molecule has 0 radical (unpaired) electrons. The van der Waals surface area contributed by atoms with E-state index in [4.69, 9.17) is 16.9 Å². The molecule has 0 atom stereocenters. The first-order valence-electron chi connectivity index (χ1n) is 5.61. The van der Waals surface area contributed by atoms with Gasteiger partial charge in [-0.3, -0.25) is 0 Å². The highest BCUT2D eigenvalue weighted by Crippen LogP contribution is 2.23. The highest BCUT2D eigenvalue weighted by atomic mass is 79.9. The van der Waals surface area contributed by atoms with Gasteiger partial charge in [0.15, 0.2) is 0 Å². The molecular weight excluding hydrogens is 312 g/mol. The van der Waals surface area contributed by atoms with Gasteiger partial charge in [0, 0.05) is 23.1 Å². The van der Waals surface area contributed by atoms with E-state index in [9.17, 15) is 4.79 Å². The second-order valence-electron chi connectivity index (χ2n) is 3.59. The van der Waals surface area contributed by atoms with Gasteiger partial charge in [0.05, 0.1) is 0 Å². The molecule has 0 unspecified atom stereocenters. The minimum atomic E-state index is -0.776. The van der Waals surface area contributed by atoms with E-state index in [0.29, 0.717) is 13.1 Å². The molecule has 0 aliphatic carbocycles. The molecule has 0 saturated heterocycles. The minimum Gasteiger partial charge on any atom is -0.481 e. The smallest absolute Gasteiger partial charge is 0.404 e. The summed E-state index contributed by atoms with van der Waals surface area (Å²) in [5, 5.41) is 3.12. The number of halogens is 1. The molecule has 3 N–H and O–H groups in total. The largest absolute Gasteiger partial charge is 0.481 e. The fourth-order valence-electron chi connectivity index (χ4n) is 1.39. The van der Waals surface area contributed by atoms with Crippen molar-refractivity contribution in [2.75, 3.05) is 19.8 Å². The number of carbonyl (C=O) groups excluding carboxylic acids is 1. The number of carbonyl (C=O) groups is 1. The Balaban J connectivity index is 2.48. The van der Waals surface area contributed by atoms with Crippen molar-refractivity contribution in [2.24, 2.45) is 5.73 Å². The van der Waals surface area contributed by atoms with Crippen LogP contribution in [0, 0.1) is 12.3 Å². The Hall–Kier alpha value is -1.71. The zero-order valence-corrected chi connectivity index (χ0v) is 11.9. The van der Waals surface area contributed by atoms with Crippen LogP contribution in [0.4, 0.5) is 4.79 Å². The van der Waals surface area contributed by atoms with Crippen LogP contribution in [-0.4, -0.2) is 25.9 Å². The lowest BCUT2D eigenvalue weighted by Crippen LogP contribution is -2.23. The normalized spacial score (nSPS) is 9.68. The Bertz CT molecular complexity index is 471. The lowest BCUT2D eigenvalue weighted by atomic mass is 10.2. The molecular formula is C13H15BrN2O3. The standard InChI is InChI=1S/C13H15BrN2O3/c1-2-6-18-12-4-3-11(14)8-10(12)9-16-5-7-19-13(15)17/h1,3-4,8,16H,5-7,9H2,(H2,15,17). The predicted octanol–water partition coefficient (Wildman–Crippen LogP) is 1.65. The van der Waals surface area contributed by atoms with Crippen molar-refractivity contribution in [1.82, 2.24) is 5.32 Å². The van der Waals surface area contributed by atoms with Gasteiger partial charge < -0.3 is 20.5 Å². The quantitative estimate of drug-likeness (QED) is 0.590. The first-order valence-corrected chi connectivity index (χ1v) is 6.40. The van der Waals surface area contributed by atoms with Crippen molar-refractivity contribution in [3.05, 3.63) is 28.2 Å². The number of benzene rings is 1. The molecule has 1 aromatic rings. The number of ether oxygens (including phenoxy) is 2. The van der Waals surface area contributed by atoms with E-state index in [1.807, 2.05) is 18.2 Å². The van der Waals surface area contributed by atoms with Crippen molar-refractivity contribution in [1.29, 1.82) is 0 Å². The Kier molecular flexibility index (Phi) is 6.79. The zero-order valence-electron chi connectivity index (χ0n) is 10.3. The maximum Gasteiger partial charge on any atom is 0.404 e. The lowest BCUT2D eigenvalue weighted by molar-refractivity contribution is 0.157. The molecule has 6 heteroatoms. The second kappa shape index (κ2) is 8.40. The van der Waals surface area contributed by atoms with E-state index in [1.165, 1.54) is 0 Å². The first kappa shape index (κ1) is 15.3. The molecule has 0 aliphatic rings. The van der Waals surface area contributed by atoms with Crippen LogP contribution in [0.1, 0.15) is 5.56 Å². The molecule has 0 bridgehead atoms. The van der Waals surface area contributed by atoms with Crippen LogP contribution in [0.15, 0.2) is 22.7 Å². The first-order chi connectivity index (χ1) is 9.13. The van der Waals surface area contributed by atoms with Crippen LogP contribution in [0.5, 0.6) is 5.75 Å². The average Bonchev–Trinajstić information content (AvgIpc) is 2.37. The summed E-state index contributed by atoms with van der Waals surface area (Å²) < 4.78 is 11.0. The van der Waals surface area contributed by atoms with Crippen molar-refractivity contribution in [3.63, 3.8) is 0 Å². The van der Waals surface area contributed by atoms with Crippen molar-refractivity contribution in [3.8, 4) is 18.1 Å². The molecule has 5 nitrogen and oxygen atoms in total. The Morgan fingerprint density at radius 1 is 1.53 bits per heavy atom. The molecule has 102 valence electrons. The summed E-state index contributed by atoms with van der Waals surface area (Å²) in [6.45, 7) is 1.52. The van der Waals surface area contributed by atoms with Crippen LogP contribution in [0.3, 0.4) is 0 Å². The summed E-state index contributed by atoms with van der Waals surface area (Å²) in [6, 6.07) is 5.66. The van der Waals surface area contributed by atoms with Crippen molar-refractivity contribution < 1.29 is 14.3 Å². The molecule has 0 aliphatic heterocycles. The van der Waals surface area contributed by atoms with E-state index >= 15 is 0 Å². The van der Waals surface area contributed by atoms with Gasteiger partial charge in [0.2, 0.25) is 0 Å². The SMILES string of the molecule is C#CCOc1ccc(Br)cc1CNCCOC(N)=O. The van der Waals surface area contributed by atoms with Crippen LogP contribution in [0.2, 0.25) is 0 Å². The average molecular weight is 327 g/mol. The lowest BCUT2D eigenvalue weighted by Gasteiger charge is -2.11. The monoisotopic (exact) mass is 326 g/mol. The maximum absolute atomic E-state index is 10.4. The van der Waals surface area contributed by atoms with Gasteiger partial charge in [-0.25, -0.2) is 4.79 Å². The maximum atomic E-state index is 10.4. The number of amides is 1. The van der Waals surface area contributed by atoms with Gasteiger partial charge in [-0.05, 0) is 18.2 Å². The number of terminal acetylenes is 1. The highest BCUT2D eigenvalue weighted by molar-refractivity contribution is 9.10. The third kappa shape index (κ3) is 6.13. The summed E-state index contributed by atoms with van der Waals surface area (Å²) in [4.78, 5) is 10.4. The number of primary amides is 1. The van der Waals surface area contributed by atoms with Crippen LogP contribution in [-0.2, 0) is 11.3 Å². The number of nitrogens with one attached hydrogen (secondary N) is 1. The molecule has 0 aromatic heterocycles. The summed E-state index contributed by atoms with van der Waals surface area (Å²) in [7, 11) is 0. The topological polar surface area (TPSA) is 73.6 Å². The molecule has 1 aromatic carbocycles. The van der Waals surface area contributed by atoms with Gasteiger partial charge in [0.1, 0.15) is 19.0 Å². The third-order valence-electron chi connectivity index (χ3n) is 2.17. The van der Waals surface area contributed by atoms with Gasteiger partial charge >= 0.3 is 6.09 Å². The van der Waals surface area contributed by atoms with Crippen LogP contribution < -0.4 is 15.8 Å². The Labute approximate surface area is 120 Å². The van der Waals surface area contributed by atoms with Gasteiger partial charge in [-0.2, -0.15) is 0 Å². The van der Waals surface area contributed by atoms with Gasteiger partial charge in [-0.1, -0.05) is 21.9 Å². The number of nitrogens with two attached hydrogens (primary N) is 1. The molecule has 1 rings (SSSR count). The number of hydrogen-bond acceptors (Lipinski definition) is 4. The summed E-state index contributed by atoms with van der Waals surface area (Å²) in [5.74, 6) is 3.15. The number of rotatable bonds is 7. The highest BCUT2D eigenvalue weighted by Gasteiger charge is 2.04. The summed E-state index contributed by atoms with van der Waals surface area (Å²) in [6.07, 6.45) is 4.39. The molecule has 0 spiro atoms. The Morgan fingerprint density at radius 2 is 2.32 bits per heavy atom. The molecule has 19 heavy (non-hydrogen) atoms. The van der Waals surface area contributed by atoms with E-state index < -0.39 is 6.09 Å². The molecule has 1 amide bonds. The van der Waals surface area contributed by atoms with Crippen molar-refractivity contribution in [2.45, 2.75) is 6.54 Å². The Morgan fingerprint density at radius 3 is 3.00 bits per heavy atom. The zero-order chi connectivity index (χ0) is 14.1. The summed E-state index contributed by atoms with van der Waals surface area (Å²) >= 11 is 3.40. The molecule has 0 heterocycles. The minimum absolute atomic E-state index is 0.222. The van der Waals surface area contributed by atoms with Crippen LogP contribution in [0.25, 0.3) is 0 Å². The second-order valence-corrected chi connectivity index (χ2v) is 4.50. The fraction of sp³-hybridized carbons (Fsp3) is 0.308. The summed E-state index contributed by atoms with van der Waals surface area (Å²) in [5.41, 5.74) is 5.81. The van der Waals surface area contributed by atoms with E-state index in [2.05, 4.69) is 31.9 Å². The molecule has 0 saturated carbocycles. The van der Waals surface area contributed by atoms with Gasteiger partial charge in [-0.15, -0.1) is 6.42 Å². The van der Waals surface area contributed by atoms with Crippen LogP contribution >= 0.6 is 15.9 Å². The van der Waals surface area contributed by atoms with E-state index in [-0.39, 0.29) is 13.2 Å². The fourth-order valence-corrected chi connectivity index (χ4v) is 1.80. The number of hydrogen-bond donors (Lipinski definition) is 2. The van der Waals surface area contributed by atoms with E-state index in [0.717, 1.165) is 15.8 Å². The predicted molar refractivity (Wildman–Crippen MR) is 75.7 cm³/mol. The third-order valence-corrected chi connectivity index (χ3v) is 2.67. The van der Waals surface area contributed by atoms with E-state index in [1.54, 1.807) is 0 Å². The van der Waals surface area contributed by atoms with Crippen molar-refractivity contribution >= 4 is 22.0 Å².